The molecule has 2 N–H and O–H groups in total. The summed E-state index contributed by atoms with van der Waals surface area (Å²) in [4.78, 5) is 37.5. The van der Waals surface area contributed by atoms with Crippen LogP contribution in [-0.2, 0) is 27.9 Å². The highest BCUT2D eigenvalue weighted by Crippen LogP contribution is 2.43. The monoisotopic (exact) mass is 978 g/mol. The van der Waals surface area contributed by atoms with E-state index in [4.69, 9.17) is 13.8 Å². The molecule has 0 aromatic rings. The van der Waals surface area contributed by atoms with E-state index in [0.717, 1.165) is 89.9 Å². The third kappa shape index (κ3) is 49.0. The Morgan fingerprint density at radius 2 is 0.941 bits per heavy atom. The van der Waals surface area contributed by atoms with Crippen molar-refractivity contribution in [3.63, 3.8) is 0 Å². The number of hydrogen-bond acceptors (Lipinski definition) is 6. The maximum atomic E-state index is 13.5. The van der Waals surface area contributed by atoms with Gasteiger partial charge < -0.3 is 19.4 Å². The van der Waals surface area contributed by atoms with Gasteiger partial charge >= 0.3 is 13.8 Å². The summed E-state index contributed by atoms with van der Waals surface area (Å²) in [5.74, 6) is -0.514. The number of carbonyl (C=O) groups is 2. The Morgan fingerprint density at radius 1 is 0.529 bits per heavy atom. The molecule has 3 unspecified atom stereocenters. The SMILES string of the molecule is CC/C=C/C/C=C/C/C=C/CCCCCCCCC(=O)NC(COP(=O)(O)OCC[N+](C)(C)C)C(/C=C/CCCCCCCCCCCCC)OC(=O)CCCCCCCCCCCCCCC. The Labute approximate surface area is 420 Å². The van der Waals surface area contributed by atoms with E-state index in [9.17, 15) is 19.0 Å². The molecule has 0 aliphatic rings. The second-order valence-electron chi connectivity index (χ2n) is 20.4. The van der Waals surface area contributed by atoms with E-state index in [2.05, 4.69) is 62.5 Å². The Morgan fingerprint density at radius 3 is 1.41 bits per heavy atom. The van der Waals surface area contributed by atoms with Crippen LogP contribution in [0.15, 0.2) is 48.6 Å². The van der Waals surface area contributed by atoms with Crippen molar-refractivity contribution in [2.24, 2.45) is 0 Å². The summed E-state index contributed by atoms with van der Waals surface area (Å²) in [6, 6.07) is -0.851. The number of ether oxygens (including phenoxy) is 1. The number of likely N-dealkylation sites (N-methyl/N-ethyl adjacent to an activating group) is 1. The number of unbranched alkanes of at least 4 members (excludes halogenated alkanes) is 29. The van der Waals surface area contributed by atoms with E-state index in [-0.39, 0.29) is 25.1 Å². The van der Waals surface area contributed by atoms with Crippen molar-refractivity contribution in [2.75, 3.05) is 40.9 Å². The van der Waals surface area contributed by atoms with E-state index < -0.39 is 20.0 Å². The number of nitrogens with zero attached hydrogens (tertiary/aromatic N) is 1. The van der Waals surface area contributed by atoms with E-state index >= 15 is 0 Å². The lowest BCUT2D eigenvalue weighted by Crippen LogP contribution is -2.47. The maximum Gasteiger partial charge on any atom is 0.472 e. The fraction of sp³-hybridized carbons (Fsp3) is 0.828. The van der Waals surface area contributed by atoms with Crippen LogP contribution in [0.2, 0.25) is 0 Å². The molecule has 0 rings (SSSR count). The second kappa shape index (κ2) is 48.6. The van der Waals surface area contributed by atoms with Crippen LogP contribution in [0.3, 0.4) is 0 Å². The van der Waals surface area contributed by atoms with Crippen molar-refractivity contribution < 1.29 is 37.3 Å². The van der Waals surface area contributed by atoms with Crippen LogP contribution < -0.4 is 5.32 Å². The zero-order chi connectivity index (χ0) is 50.1. The molecular formula is C58H110N2O7P+. The largest absolute Gasteiger partial charge is 0.472 e. The lowest BCUT2D eigenvalue weighted by Gasteiger charge is -2.27. The number of phosphoric ester groups is 1. The molecule has 1 amide bonds. The first-order valence-electron chi connectivity index (χ1n) is 28.5. The van der Waals surface area contributed by atoms with E-state index in [1.165, 1.54) is 135 Å². The number of allylic oxidation sites excluding steroid dienone is 7. The average molecular weight is 978 g/mol. The highest BCUT2D eigenvalue weighted by atomic mass is 31.2. The molecule has 9 nitrogen and oxygen atoms in total. The number of esters is 1. The van der Waals surface area contributed by atoms with Gasteiger partial charge in [-0.3, -0.25) is 18.6 Å². The van der Waals surface area contributed by atoms with Gasteiger partial charge in [0.25, 0.3) is 0 Å². The van der Waals surface area contributed by atoms with E-state index in [0.29, 0.717) is 23.9 Å². The van der Waals surface area contributed by atoms with E-state index in [1.54, 1.807) is 0 Å². The summed E-state index contributed by atoms with van der Waals surface area (Å²) in [5.41, 5.74) is 0. The van der Waals surface area contributed by atoms with Gasteiger partial charge in [-0.25, -0.2) is 4.57 Å². The van der Waals surface area contributed by atoms with E-state index in [1.807, 2.05) is 33.3 Å². The van der Waals surface area contributed by atoms with Crippen LogP contribution in [0.25, 0.3) is 0 Å². The normalized spacial score (nSPS) is 14.2. The number of rotatable bonds is 51. The molecule has 0 saturated carbocycles. The summed E-state index contributed by atoms with van der Waals surface area (Å²) in [5, 5.41) is 3.04. The molecule has 10 heteroatoms. The quantitative estimate of drug-likeness (QED) is 0.0205. The Hall–Kier alpha value is -2.03. The van der Waals surface area contributed by atoms with Gasteiger partial charge in [0, 0.05) is 12.8 Å². The van der Waals surface area contributed by atoms with Gasteiger partial charge in [-0.05, 0) is 63.9 Å². The number of amides is 1. The first-order chi connectivity index (χ1) is 32.9. The molecular weight excluding hydrogens is 868 g/mol. The number of hydrogen-bond donors (Lipinski definition) is 2. The van der Waals surface area contributed by atoms with Gasteiger partial charge in [0.15, 0.2) is 0 Å². The van der Waals surface area contributed by atoms with Crippen molar-refractivity contribution in [3.05, 3.63) is 48.6 Å². The maximum absolute atomic E-state index is 13.5. The van der Waals surface area contributed by atoms with Gasteiger partial charge in [-0.2, -0.15) is 0 Å². The molecule has 0 aromatic heterocycles. The average Bonchev–Trinajstić information content (AvgIpc) is 3.29. The summed E-state index contributed by atoms with van der Waals surface area (Å²) in [7, 11) is 1.49. The predicted octanol–water partition coefficient (Wildman–Crippen LogP) is 16.9. The van der Waals surface area contributed by atoms with Gasteiger partial charge in [0.05, 0.1) is 33.8 Å². The van der Waals surface area contributed by atoms with Crippen molar-refractivity contribution >= 4 is 19.7 Å². The van der Waals surface area contributed by atoms with Crippen LogP contribution in [0.1, 0.15) is 258 Å². The van der Waals surface area contributed by atoms with Gasteiger partial charge in [0.1, 0.15) is 19.3 Å². The van der Waals surface area contributed by atoms with Crippen LogP contribution >= 0.6 is 7.82 Å². The minimum absolute atomic E-state index is 0.0381. The zero-order valence-electron chi connectivity index (χ0n) is 45.3. The summed E-state index contributed by atoms with van der Waals surface area (Å²) < 4.78 is 30.6. The molecule has 398 valence electrons. The number of carbonyl (C=O) groups excluding carboxylic acids is 2. The molecule has 0 radical (unpaired) electrons. The van der Waals surface area contributed by atoms with Crippen molar-refractivity contribution in [3.8, 4) is 0 Å². The van der Waals surface area contributed by atoms with Crippen LogP contribution in [-0.4, -0.2) is 74.3 Å². The minimum atomic E-state index is -4.44. The Bertz CT molecular complexity index is 1310. The lowest BCUT2D eigenvalue weighted by atomic mass is 10.0. The third-order valence-corrected chi connectivity index (χ3v) is 13.5. The molecule has 0 spiro atoms. The number of phosphoric acid groups is 1. The van der Waals surface area contributed by atoms with Crippen LogP contribution in [0, 0.1) is 0 Å². The molecule has 68 heavy (non-hydrogen) atoms. The highest BCUT2D eigenvalue weighted by Gasteiger charge is 2.30. The van der Waals surface area contributed by atoms with Gasteiger partial charge in [-0.15, -0.1) is 0 Å². The zero-order valence-corrected chi connectivity index (χ0v) is 46.2. The summed E-state index contributed by atoms with van der Waals surface area (Å²) in [6.07, 6.45) is 58.1. The lowest BCUT2D eigenvalue weighted by molar-refractivity contribution is -0.870. The molecule has 0 aromatic carbocycles. The molecule has 0 saturated heterocycles. The molecule has 0 fully saturated rings. The first-order valence-corrected chi connectivity index (χ1v) is 30.0. The first kappa shape index (κ1) is 66.0. The molecule has 0 heterocycles. The van der Waals surface area contributed by atoms with Crippen molar-refractivity contribution in [1.29, 1.82) is 0 Å². The fourth-order valence-corrected chi connectivity index (χ4v) is 8.87. The highest BCUT2D eigenvalue weighted by molar-refractivity contribution is 7.47. The van der Waals surface area contributed by atoms with Gasteiger partial charge in [-0.1, -0.05) is 230 Å². The third-order valence-electron chi connectivity index (χ3n) is 12.5. The summed E-state index contributed by atoms with van der Waals surface area (Å²) >= 11 is 0. The van der Waals surface area contributed by atoms with Crippen LogP contribution in [0.5, 0.6) is 0 Å². The van der Waals surface area contributed by atoms with Crippen LogP contribution in [0.4, 0.5) is 0 Å². The second-order valence-corrected chi connectivity index (χ2v) is 21.9. The Balaban J connectivity index is 5.39. The molecule has 0 aliphatic carbocycles. The number of quaternary nitrogens is 1. The smallest absolute Gasteiger partial charge is 0.456 e. The molecule has 0 bridgehead atoms. The summed E-state index contributed by atoms with van der Waals surface area (Å²) in [6.45, 7) is 6.90. The molecule has 0 aliphatic heterocycles. The van der Waals surface area contributed by atoms with Crippen molar-refractivity contribution in [2.45, 2.75) is 270 Å². The van der Waals surface area contributed by atoms with Gasteiger partial charge in [0.2, 0.25) is 5.91 Å². The molecule has 3 atom stereocenters. The number of nitrogens with one attached hydrogen (secondary N) is 1. The fourth-order valence-electron chi connectivity index (χ4n) is 8.13. The standard InChI is InChI=1S/C58H109N2O7P/c1-7-10-13-16-19-22-25-28-29-30-33-35-38-41-44-47-50-57(61)59-55(54-66-68(63,64)65-53-52-60(4,5)6)56(49-46-43-40-37-34-31-26-23-20-17-14-11-8-2)67-58(62)51-48-45-42-39-36-32-27-24-21-18-15-12-9-3/h10,13,19,22,28-29,46,49,55-56H,7-9,11-12,14-18,20-21,23-27,30-45,47-48,50-54H2,1-6H3,(H-,59,61,63,64)/p+1/b13-10+,22-19+,29-28+,49-46+. The van der Waals surface area contributed by atoms with Crippen molar-refractivity contribution in [1.82, 2.24) is 5.32 Å². The minimum Gasteiger partial charge on any atom is -0.456 e. The Kier molecular flexibility index (Phi) is 47.1. The topological polar surface area (TPSA) is 111 Å². The predicted molar refractivity (Wildman–Crippen MR) is 291 cm³/mol.